The molecule has 1 amide bonds. The minimum absolute atomic E-state index is 0.00301. The predicted molar refractivity (Wildman–Crippen MR) is 91.2 cm³/mol. The number of nitrogens with two attached hydrogens (primary N) is 1. The zero-order valence-electron chi connectivity index (χ0n) is 13.8. The molecule has 1 aromatic carbocycles. The lowest BCUT2D eigenvalue weighted by molar-refractivity contribution is -0.122. The monoisotopic (exact) mass is 348 g/mol. The topological polar surface area (TPSA) is 83.8 Å². The zero-order chi connectivity index (χ0) is 17.6. The van der Waals surface area contributed by atoms with E-state index in [1.165, 1.54) is 6.42 Å². The molecule has 0 saturated heterocycles. The van der Waals surface area contributed by atoms with Crippen LogP contribution in [-0.2, 0) is 4.79 Å². The molecule has 25 heavy (non-hydrogen) atoms. The summed E-state index contributed by atoms with van der Waals surface area (Å²) in [4.78, 5) is 19.1. The van der Waals surface area contributed by atoms with E-state index in [2.05, 4.69) is 15.3 Å². The predicted octanol–water partition coefficient (Wildman–Crippen LogP) is 3.59. The Morgan fingerprint density at radius 1 is 1.28 bits per heavy atom. The number of anilines is 1. The summed E-state index contributed by atoms with van der Waals surface area (Å²) >= 11 is 0. The van der Waals surface area contributed by atoms with E-state index in [4.69, 9.17) is 5.73 Å². The maximum absolute atomic E-state index is 12.7. The second kappa shape index (κ2) is 6.37. The van der Waals surface area contributed by atoms with Crippen molar-refractivity contribution in [1.29, 1.82) is 0 Å². The molecular weight excluding hydrogens is 326 g/mol. The Bertz CT molecular complexity index is 776. The van der Waals surface area contributed by atoms with Gasteiger partial charge in [0.2, 0.25) is 5.91 Å². The quantitative estimate of drug-likeness (QED) is 0.792. The molecule has 2 unspecified atom stereocenters. The van der Waals surface area contributed by atoms with Crippen molar-refractivity contribution >= 4 is 22.6 Å². The van der Waals surface area contributed by atoms with Crippen LogP contribution >= 0.6 is 0 Å². The number of hydrogen-bond acceptors (Lipinski definition) is 3. The first kappa shape index (κ1) is 16.4. The number of fused-ring (bicyclic) bond motifs is 3. The number of aromatic nitrogens is 2. The van der Waals surface area contributed by atoms with Crippen molar-refractivity contribution in [2.45, 2.75) is 44.6 Å². The van der Waals surface area contributed by atoms with Gasteiger partial charge in [0, 0.05) is 17.6 Å². The molecule has 2 fully saturated rings. The molecule has 2 saturated carbocycles. The van der Waals surface area contributed by atoms with Gasteiger partial charge in [-0.25, -0.2) is 13.8 Å². The third-order valence-corrected chi connectivity index (χ3v) is 5.76. The lowest BCUT2D eigenvalue weighted by atomic mass is 9.65. The molecule has 2 aliphatic carbocycles. The number of hydrogen-bond donors (Lipinski definition) is 3. The molecule has 1 aromatic heterocycles. The molecule has 2 aromatic rings. The van der Waals surface area contributed by atoms with Crippen molar-refractivity contribution in [1.82, 2.24) is 9.97 Å². The van der Waals surface area contributed by atoms with Gasteiger partial charge in [-0.1, -0.05) is 6.42 Å². The summed E-state index contributed by atoms with van der Waals surface area (Å²) in [5, 5.41) is 2.93. The van der Waals surface area contributed by atoms with Crippen LogP contribution in [0, 0.1) is 17.8 Å². The van der Waals surface area contributed by atoms with Gasteiger partial charge in [0.25, 0.3) is 6.43 Å². The van der Waals surface area contributed by atoms with Gasteiger partial charge >= 0.3 is 0 Å². The van der Waals surface area contributed by atoms with E-state index in [1.54, 1.807) is 18.2 Å². The molecule has 0 aliphatic heterocycles. The number of amides is 1. The summed E-state index contributed by atoms with van der Waals surface area (Å²) in [5.74, 6) is 0.493. The summed E-state index contributed by atoms with van der Waals surface area (Å²) in [6.07, 6.45) is 2.46. The fourth-order valence-corrected chi connectivity index (χ4v) is 4.46. The van der Waals surface area contributed by atoms with E-state index in [0.717, 1.165) is 25.7 Å². The first-order valence-corrected chi connectivity index (χ1v) is 8.85. The van der Waals surface area contributed by atoms with Crippen LogP contribution in [0.25, 0.3) is 11.0 Å². The lowest BCUT2D eigenvalue weighted by Crippen LogP contribution is -2.48. The number of imidazole rings is 1. The van der Waals surface area contributed by atoms with Crippen molar-refractivity contribution in [3.63, 3.8) is 0 Å². The molecule has 1 heterocycles. The summed E-state index contributed by atoms with van der Waals surface area (Å²) in [7, 11) is 0. The van der Waals surface area contributed by atoms with Crippen LogP contribution in [0.1, 0.15) is 44.4 Å². The number of rotatable bonds is 3. The Hall–Kier alpha value is -2.02. The van der Waals surface area contributed by atoms with Crippen molar-refractivity contribution in [2.75, 3.05) is 5.32 Å². The number of halogens is 2. The highest BCUT2D eigenvalue weighted by Crippen LogP contribution is 2.42. The number of carbonyl (C=O) groups excluding carboxylic acids is 1. The average Bonchev–Trinajstić information content (AvgIpc) is 2.98. The Morgan fingerprint density at radius 2 is 2.00 bits per heavy atom. The van der Waals surface area contributed by atoms with Crippen LogP contribution in [0.4, 0.5) is 14.5 Å². The summed E-state index contributed by atoms with van der Waals surface area (Å²) in [6.45, 7) is 0. The summed E-state index contributed by atoms with van der Waals surface area (Å²) in [5.41, 5.74) is 7.84. The highest BCUT2D eigenvalue weighted by atomic mass is 19.3. The van der Waals surface area contributed by atoms with Gasteiger partial charge < -0.3 is 16.0 Å². The van der Waals surface area contributed by atoms with Gasteiger partial charge in [0.15, 0.2) is 5.82 Å². The van der Waals surface area contributed by atoms with Crippen molar-refractivity contribution in [3.8, 4) is 0 Å². The fourth-order valence-electron chi connectivity index (χ4n) is 4.46. The number of H-pyrrole nitrogens is 1. The van der Waals surface area contributed by atoms with Crippen LogP contribution in [-0.4, -0.2) is 21.9 Å². The second-order valence-corrected chi connectivity index (χ2v) is 7.34. The molecule has 7 heteroatoms. The highest BCUT2D eigenvalue weighted by molar-refractivity contribution is 5.94. The van der Waals surface area contributed by atoms with Gasteiger partial charge in [-0.3, -0.25) is 4.79 Å². The van der Waals surface area contributed by atoms with Crippen LogP contribution in [0.5, 0.6) is 0 Å². The molecule has 4 N–H and O–H groups in total. The van der Waals surface area contributed by atoms with Gasteiger partial charge in [0.05, 0.1) is 11.0 Å². The Labute approximate surface area is 144 Å². The number of alkyl halides is 2. The molecule has 134 valence electrons. The van der Waals surface area contributed by atoms with Crippen LogP contribution in [0.3, 0.4) is 0 Å². The van der Waals surface area contributed by atoms with Crippen molar-refractivity contribution in [3.05, 3.63) is 24.0 Å². The number of carbonyl (C=O) groups is 1. The van der Waals surface area contributed by atoms with E-state index in [1.807, 2.05) is 0 Å². The van der Waals surface area contributed by atoms with Gasteiger partial charge in [-0.2, -0.15) is 0 Å². The normalized spacial score (nSPS) is 29.1. The largest absolute Gasteiger partial charge is 0.337 e. The Kier molecular flexibility index (Phi) is 4.19. The Balaban J connectivity index is 1.48. The molecule has 0 radical (unpaired) electrons. The average molecular weight is 348 g/mol. The molecule has 0 spiro atoms. The third-order valence-electron chi connectivity index (χ3n) is 5.76. The third kappa shape index (κ3) is 3.13. The SMILES string of the molecule is NC1C2CCCC1CC(C(=O)Nc1ccc3nc(C(F)F)[nH]c3c1)C2. The molecule has 2 atom stereocenters. The minimum atomic E-state index is -2.64. The molecule has 2 bridgehead atoms. The molecule has 2 aliphatic rings. The van der Waals surface area contributed by atoms with Crippen LogP contribution in [0.15, 0.2) is 18.2 Å². The highest BCUT2D eigenvalue weighted by Gasteiger charge is 2.40. The van der Waals surface area contributed by atoms with Crippen LogP contribution < -0.4 is 11.1 Å². The zero-order valence-corrected chi connectivity index (χ0v) is 13.8. The van der Waals surface area contributed by atoms with Gasteiger partial charge in [0.1, 0.15) is 0 Å². The second-order valence-electron chi connectivity index (χ2n) is 7.34. The number of nitrogens with zero attached hydrogens (tertiary/aromatic N) is 1. The molecular formula is C18H22F2N4O. The first-order chi connectivity index (χ1) is 12.0. The molecule has 4 rings (SSSR count). The van der Waals surface area contributed by atoms with E-state index in [-0.39, 0.29) is 23.7 Å². The number of benzene rings is 1. The van der Waals surface area contributed by atoms with E-state index in [9.17, 15) is 13.6 Å². The fraction of sp³-hybridized carbons (Fsp3) is 0.556. The molecule has 5 nitrogen and oxygen atoms in total. The standard InChI is InChI=1S/C18H22F2N4O/c19-16(20)17-23-13-5-4-12(8-14(13)24-17)22-18(25)11-6-9-2-1-3-10(7-11)15(9)21/h4-5,8-11,15-16H,1-3,6-7,21H2,(H,22,25)(H,23,24). The van der Waals surface area contributed by atoms with E-state index < -0.39 is 6.43 Å². The first-order valence-electron chi connectivity index (χ1n) is 8.85. The van der Waals surface area contributed by atoms with Crippen molar-refractivity contribution < 1.29 is 13.6 Å². The van der Waals surface area contributed by atoms with Gasteiger partial charge in [-0.15, -0.1) is 0 Å². The number of aromatic amines is 1. The summed E-state index contributed by atoms with van der Waals surface area (Å²) in [6, 6.07) is 5.22. The number of nitrogens with one attached hydrogen (secondary N) is 2. The smallest absolute Gasteiger partial charge is 0.295 e. The minimum Gasteiger partial charge on any atom is -0.337 e. The van der Waals surface area contributed by atoms with E-state index in [0.29, 0.717) is 28.6 Å². The lowest BCUT2D eigenvalue weighted by Gasteiger charge is -2.43. The summed E-state index contributed by atoms with van der Waals surface area (Å²) < 4.78 is 25.5. The van der Waals surface area contributed by atoms with Crippen LogP contribution in [0.2, 0.25) is 0 Å². The maximum Gasteiger partial charge on any atom is 0.295 e. The van der Waals surface area contributed by atoms with E-state index >= 15 is 0 Å². The van der Waals surface area contributed by atoms with Crippen molar-refractivity contribution in [2.24, 2.45) is 23.5 Å². The van der Waals surface area contributed by atoms with Gasteiger partial charge in [-0.05, 0) is 55.7 Å². The maximum atomic E-state index is 12.7. The Morgan fingerprint density at radius 3 is 2.68 bits per heavy atom.